The molecule has 0 bridgehead atoms. The third-order valence-corrected chi connectivity index (χ3v) is 2.38. The van der Waals surface area contributed by atoms with Gasteiger partial charge in [-0.15, -0.1) is 0 Å². The van der Waals surface area contributed by atoms with Gasteiger partial charge in [0.25, 0.3) is 6.43 Å². The van der Waals surface area contributed by atoms with Crippen molar-refractivity contribution in [1.82, 2.24) is 9.78 Å². The molecule has 5 nitrogen and oxygen atoms in total. The van der Waals surface area contributed by atoms with Crippen LogP contribution in [-0.2, 0) is 0 Å². The first kappa shape index (κ1) is 12.9. The maximum absolute atomic E-state index is 12.6. The highest BCUT2D eigenvalue weighted by Crippen LogP contribution is 2.20. The Kier molecular flexibility index (Phi) is 3.65. The summed E-state index contributed by atoms with van der Waals surface area (Å²) in [5.41, 5.74) is 0.348. The molecule has 0 amide bonds. The van der Waals surface area contributed by atoms with E-state index >= 15 is 0 Å². The van der Waals surface area contributed by atoms with E-state index in [1.165, 1.54) is 0 Å². The molecule has 0 unspecified atom stereocenters. The van der Waals surface area contributed by atoms with Crippen LogP contribution in [0.1, 0.15) is 5.56 Å². The minimum atomic E-state index is -2.68. The summed E-state index contributed by atoms with van der Waals surface area (Å²) in [5, 5.41) is 14.3. The number of hydrogen-bond donors (Lipinski definition) is 0. The van der Waals surface area contributed by atoms with Gasteiger partial charge < -0.3 is 0 Å². The molecule has 0 N–H and O–H groups in total. The van der Waals surface area contributed by atoms with Gasteiger partial charge in [0.2, 0.25) is 0 Å². The van der Waals surface area contributed by atoms with Gasteiger partial charge in [0.1, 0.15) is 12.4 Å². The van der Waals surface area contributed by atoms with Gasteiger partial charge in [0.15, 0.2) is 0 Å². The quantitative estimate of drug-likeness (QED) is 0.630. The Hall–Kier alpha value is -2.57. The van der Waals surface area contributed by atoms with Crippen LogP contribution in [-0.4, -0.2) is 21.1 Å². The lowest BCUT2D eigenvalue weighted by atomic mass is 10.1. The Morgan fingerprint density at radius 3 is 2.58 bits per heavy atom. The second-order valence-corrected chi connectivity index (χ2v) is 3.65. The standard InChI is InChI=1S/C12H9F2N3O2/c13-12(14)6-11(9-4-2-1-3-5-9)16-8-10(7-15-16)17(18)19/h1-8,12H. The number of halogens is 2. The summed E-state index contributed by atoms with van der Waals surface area (Å²) < 4.78 is 26.2. The van der Waals surface area contributed by atoms with Crippen LogP contribution in [0.4, 0.5) is 14.5 Å². The van der Waals surface area contributed by atoms with Crippen molar-refractivity contribution in [3.63, 3.8) is 0 Å². The molecule has 19 heavy (non-hydrogen) atoms. The van der Waals surface area contributed by atoms with E-state index in [0.29, 0.717) is 11.6 Å². The lowest BCUT2D eigenvalue weighted by Crippen LogP contribution is -2.02. The predicted molar refractivity (Wildman–Crippen MR) is 64.7 cm³/mol. The van der Waals surface area contributed by atoms with Crippen LogP contribution in [0.2, 0.25) is 0 Å². The van der Waals surface area contributed by atoms with Gasteiger partial charge in [-0.2, -0.15) is 5.10 Å². The number of alkyl halides is 2. The Morgan fingerprint density at radius 2 is 2.05 bits per heavy atom. The van der Waals surface area contributed by atoms with E-state index in [-0.39, 0.29) is 11.4 Å². The zero-order valence-corrected chi connectivity index (χ0v) is 9.61. The van der Waals surface area contributed by atoms with Crippen molar-refractivity contribution in [1.29, 1.82) is 0 Å². The fourth-order valence-corrected chi connectivity index (χ4v) is 1.57. The first-order valence-corrected chi connectivity index (χ1v) is 5.33. The zero-order valence-electron chi connectivity index (χ0n) is 9.61. The Morgan fingerprint density at radius 1 is 1.37 bits per heavy atom. The topological polar surface area (TPSA) is 61.0 Å². The molecule has 0 fully saturated rings. The van der Waals surface area contributed by atoms with Gasteiger partial charge in [0, 0.05) is 11.6 Å². The van der Waals surface area contributed by atoms with E-state index in [9.17, 15) is 18.9 Å². The van der Waals surface area contributed by atoms with Crippen LogP contribution in [0, 0.1) is 10.1 Å². The van der Waals surface area contributed by atoms with Crippen molar-refractivity contribution >= 4 is 11.4 Å². The van der Waals surface area contributed by atoms with Crippen molar-refractivity contribution in [3.05, 3.63) is 64.5 Å². The first-order chi connectivity index (χ1) is 9.08. The van der Waals surface area contributed by atoms with Gasteiger partial charge >= 0.3 is 5.69 Å². The third-order valence-electron chi connectivity index (χ3n) is 2.38. The molecular weight excluding hydrogens is 256 g/mol. The second-order valence-electron chi connectivity index (χ2n) is 3.65. The summed E-state index contributed by atoms with van der Waals surface area (Å²) in [5.74, 6) is 0. The molecule has 0 radical (unpaired) electrons. The lowest BCUT2D eigenvalue weighted by Gasteiger charge is -2.07. The summed E-state index contributed by atoms with van der Waals surface area (Å²) in [6, 6.07) is 8.37. The summed E-state index contributed by atoms with van der Waals surface area (Å²) in [7, 11) is 0. The Balaban J connectivity index is 2.47. The van der Waals surface area contributed by atoms with Crippen LogP contribution in [0.5, 0.6) is 0 Å². The highest BCUT2D eigenvalue weighted by molar-refractivity contribution is 5.65. The fraction of sp³-hybridized carbons (Fsp3) is 0.0833. The van der Waals surface area contributed by atoms with Crippen LogP contribution in [0.25, 0.3) is 5.70 Å². The molecule has 0 aliphatic carbocycles. The number of nitrogens with zero attached hydrogens (tertiary/aromatic N) is 3. The minimum absolute atomic E-state index is 0.101. The number of allylic oxidation sites excluding steroid dienone is 1. The highest BCUT2D eigenvalue weighted by Gasteiger charge is 2.14. The maximum Gasteiger partial charge on any atom is 0.307 e. The average molecular weight is 265 g/mol. The molecule has 0 saturated heterocycles. The summed E-state index contributed by atoms with van der Waals surface area (Å²) in [4.78, 5) is 9.95. The normalized spacial score (nSPS) is 11.8. The SMILES string of the molecule is O=[N+]([O-])c1cnn(C(=CC(F)F)c2ccccc2)c1. The van der Waals surface area contributed by atoms with Gasteiger partial charge in [0.05, 0.1) is 10.6 Å². The fourth-order valence-electron chi connectivity index (χ4n) is 1.57. The molecule has 2 rings (SSSR count). The van der Waals surface area contributed by atoms with Crippen molar-refractivity contribution in [3.8, 4) is 0 Å². The molecule has 0 aliphatic heterocycles. The third kappa shape index (κ3) is 3.01. The predicted octanol–water partition coefficient (Wildman–Crippen LogP) is 2.95. The molecule has 1 aromatic heterocycles. The molecular formula is C12H9F2N3O2. The molecule has 1 aromatic carbocycles. The number of aromatic nitrogens is 2. The van der Waals surface area contributed by atoms with Crippen LogP contribution >= 0.6 is 0 Å². The Labute approximate surface area is 106 Å². The summed E-state index contributed by atoms with van der Waals surface area (Å²) >= 11 is 0. The van der Waals surface area contributed by atoms with Crippen LogP contribution in [0.15, 0.2) is 48.8 Å². The van der Waals surface area contributed by atoms with Gasteiger partial charge in [-0.25, -0.2) is 13.5 Å². The van der Waals surface area contributed by atoms with Crippen molar-refractivity contribution in [2.24, 2.45) is 0 Å². The molecule has 1 heterocycles. The number of hydrogen-bond acceptors (Lipinski definition) is 3. The molecule has 0 saturated carbocycles. The maximum atomic E-state index is 12.6. The zero-order chi connectivity index (χ0) is 13.8. The van der Waals surface area contributed by atoms with Crippen molar-refractivity contribution in [2.75, 3.05) is 0 Å². The minimum Gasteiger partial charge on any atom is -0.258 e. The van der Waals surface area contributed by atoms with Crippen molar-refractivity contribution in [2.45, 2.75) is 6.43 Å². The molecule has 0 spiro atoms. The average Bonchev–Trinajstić information content (AvgIpc) is 2.86. The molecule has 0 aliphatic rings. The monoisotopic (exact) mass is 265 g/mol. The molecule has 98 valence electrons. The van der Waals surface area contributed by atoms with Gasteiger partial charge in [-0.1, -0.05) is 30.3 Å². The highest BCUT2D eigenvalue weighted by atomic mass is 19.3. The number of rotatable bonds is 4. The summed E-state index contributed by atoms with van der Waals surface area (Å²) in [6.07, 6.45) is 0.133. The number of benzene rings is 1. The van der Waals surface area contributed by atoms with E-state index in [0.717, 1.165) is 17.1 Å². The van der Waals surface area contributed by atoms with E-state index in [1.54, 1.807) is 30.3 Å². The van der Waals surface area contributed by atoms with Gasteiger partial charge in [-0.3, -0.25) is 10.1 Å². The molecule has 0 atom stereocenters. The van der Waals surface area contributed by atoms with Crippen LogP contribution < -0.4 is 0 Å². The van der Waals surface area contributed by atoms with E-state index in [4.69, 9.17) is 0 Å². The molecule has 7 heteroatoms. The van der Waals surface area contributed by atoms with Crippen LogP contribution in [0.3, 0.4) is 0 Å². The van der Waals surface area contributed by atoms with E-state index in [2.05, 4.69) is 5.10 Å². The lowest BCUT2D eigenvalue weighted by molar-refractivity contribution is -0.384. The van der Waals surface area contributed by atoms with Gasteiger partial charge in [-0.05, 0) is 0 Å². The largest absolute Gasteiger partial charge is 0.307 e. The van der Waals surface area contributed by atoms with Crippen molar-refractivity contribution < 1.29 is 13.7 Å². The number of nitro groups is 1. The molecule has 2 aromatic rings. The first-order valence-electron chi connectivity index (χ1n) is 5.33. The Bertz CT molecular complexity index is 608. The van der Waals surface area contributed by atoms with E-state index in [1.807, 2.05) is 0 Å². The summed E-state index contributed by atoms with van der Waals surface area (Å²) in [6.45, 7) is 0. The second kappa shape index (κ2) is 5.38. The van der Waals surface area contributed by atoms with E-state index < -0.39 is 11.3 Å². The smallest absolute Gasteiger partial charge is 0.258 e.